The fraction of sp³-hybridized carbons (Fsp3) is 0.588. The van der Waals surface area contributed by atoms with Crippen LogP contribution in [0.2, 0.25) is 5.02 Å². The lowest BCUT2D eigenvalue weighted by Gasteiger charge is -2.29. The molecule has 2 atom stereocenters. The van der Waals surface area contributed by atoms with Gasteiger partial charge in [0.05, 0.1) is 0 Å². The highest BCUT2D eigenvalue weighted by atomic mass is 35.5. The molecule has 0 aromatic heterocycles. The third-order valence-electron chi connectivity index (χ3n) is 4.91. The molecule has 2 heterocycles. The zero-order chi connectivity index (χ0) is 14.8. The number of nitrogens with one attached hydrogen (secondary N) is 1. The number of piperidine rings is 1. The number of carbonyl (C=O) groups is 1. The van der Waals surface area contributed by atoms with Gasteiger partial charge in [0.2, 0.25) is 5.91 Å². The molecule has 3 nitrogen and oxygen atoms in total. The first-order valence-electron chi connectivity index (χ1n) is 7.95. The van der Waals surface area contributed by atoms with Gasteiger partial charge in [0.1, 0.15) is 0 Å². The summed E-state index contributed by atoms with van der Waals surface area (Å²) in [6.45, 7) is 5.16. The van der Waals surface area contributed by atoms with Gasteiger partial charge in [-0.1, -0.05) is 24.6 Å². The van der Waals surface area contributed by atoms with Crippen molar-refractivity contribution >= 4 is 23.2 Å². The molecule has 2 aliphatic rings. The SMILES string of the molecule is CC(CC(=O)N1CCc2c(Cl)cccc21)C1CCCNC1. The van der Waals surface area contributed by atoms with Crippen LogP contribution in [0.3, 0.4) is 0 Å². The van der Waals surface area contributed by atoms with Crippen LogP contribution < -0.4 is 10.2 Å². The molecule has 0 bridgehead atoms. The van der Waals surface area contributed by atoms with Gasteiger partial charge < -0.3 is 10.2 Å². The van der Waals surface area contributed by atoms with E-state index in [2.05, 4.69) is 12.2 Å². The first-order valence-corrected chi connectivity index (χ1v) is 8.33. The minimum atomic E-state index is 0.245. The van der Waals surface area contributed by atoms with Gasteiger partial charge in [0.25, 0.3) is 0 Å². The van der Waals surface area contributed by atoms with Crippen molar-refractivity contribution in [2.24, 2.45) is 11.8 Å². The molecule has 4 heteroatoms. The molecule has 114 valence electrons. The molecule has 21 heavy (non-hydrogen) atoms. The van der Waals surface area contributed by atoms with Gasteiger partial charge in [-0.05, 0) is 61.9 Å². The smallest absolute Gasteiger partial charge is 0.227 e. The highest BCUT2D eigenvalue weighted by molar-refractivity contribution is 6.32. The van der Waals surface area contributed by atoms with Crippen LogP contribution in [0.15, 0.2) is 18.2 Å². The highest BCUT2D eigenvalue weighted by Crippen LogP contribution is 2.34. The molecule has 0 radical (unpaired) electrons. The molecule has 3 rings (SSSR count). The molecule has 0 saturated carbocycles. The molecular weight excluding hydrogens is 284 g/mol. The summed E-state index contributed by atoms with van der Waals surface area (Å²) >= 11 is 6.22. The number of nitrogens with zero attached hydrogens (tertiary/aromatic N) is 1. The van der Waals surface area contributed by atoms with Crippen molar-refractivity contribution in [1.82, 2.24) is 5.32 Å². The van der Waals surface area contributed by atoms with E-state index in [1.165, 1.54) is 12.8 Å². The van der Waals surface area contributed by atoms with E-state index in [4.69, 9.17) is 11.6 Å². The van der Waals surface area contributed by atoms with Crippen LogP contribution in [-0.4, -0.2) is 25.5 Å². The molecule has 1 fully saturated rings. The van der Waals surface area contributed by atoms with Crippen molar-refractivity contribution < 1.29 is 4.79 Å². The third kappa shape index (κ3) is 3.09. The van der Waals surface area contributed by atoms with Crippen LogP contribution in [0, 0.1) is 11.8 Å². The quantitative estimate of drug-likeness (QED) is 0.929. The number of amides is 1. The molecule has 1 saturated heterocycles. The van der Waals surface area contributed by atoms with Crippen LogP contribution in [-0.2, 0) is 11.2 Å². The maximum absolute atomic E-state index is 12.6. The van der Waals surface area contributed by atoms with Gasteiger partial charge in [-0.3, -0.25) is 4.79 Å². The van der Waals surface area contributed by atoms with Crippen molar-refractivity contribution in [1.29, 1.82) is 0 Å². The van der Waals surface area contributed by atoms with E-state index < -0.39 is 0 Å². The van der Waals surface area contributed by atoms with Crippen molar-refractivity contribution in [3.8, 4) is 0 Å². The predicted octanol–water partition coefficient (Wildman–Crippen LogP) is 3.25. The monoisotopic (exact) mass is 306 g/mol. The summed E-state index contributed by atoms with van der Waals surface area (Å²) in [6, 6.07) is 5.85. The van der Waals surface area contributed by atoms with Crippen molar-refractivity contribution in [2.75, 3.05) is 24.5 Å². The second-order valence-electron chi connectivity index (χ2n) is 6.32. The van der Waals surface area contributed by atoms with Gasteiger partial charge >= 0.3 is 0 Å². The Balaban J connectivity index is 1.66. The Morgan fingerprint density at radius 1 is 1.52 bits per heavy atom. The normalized spacial score (nSPS) is 23.0. The van der Waals surface area contributed by atoms with Crippen LogP contribution in [0.25, 0.3) is 0 Å². The number of benzene rings is 1. The molecule has 1 amide bonds. The fourth-order valence-electron chi connectivity index (χ4n) is 3.57. The first kappa shape index (κ1) is 14.9. The molecule has 2 aliphatic heterocycles. The number of hydrogen-bond donors (Lipinski definition) is 1. The molecule has 2 unspecified atom stereocenters. The summed E-state index contributed by atoms with van der Waals surface area (Å²) in [7, 11) is 0. The zero-order valence-electron chi connectivity index (χ0n) is 12.6. The summed E-state index contributed by atoms with van der Waals surface area (Å²) in [5, 5.41) is 4.22. The average molecular weight is 307 g/mol. The van der Waals surface area contributed by atoms with Gasteiger partial charge in [0.15, 0.2) is 0 Å². The molecule has 1 aromatic carbocycles. The van der Waals surface area contributed by atoms with E-state index in [1.54, 1.807) is 0 Å². The standard InChI is InChI=1S/C17H23ClN2O/c1-12(13-4-3-8-19-11-13)10-17(21)20-9-7-14-15(18)5-2-6-16(14)20/h2,5-6,12-13,19H,3-4,7-11H2,1H3. The van der Waals surface area contributed by atoms with E-state index in [-0.39, 0.29) is 5.91 Å². The van der Waals surface area contributed by atoms with Gasteiger partial charge in [0, 0.05) is 23.7 Å². The summed E-state index contributed by atoms with van der Waals surface area (Å²) < 4.78 is 0. The second kappa shape index (κ2) is 6.37. The van der Waals surface area contributed by atoms with E-state index in [9.17, 15) is 4.79 Å². The maximum Gasteiger partial charge on any atom is 0.227 e. The minimum Gasteiger partial charge on any atom is -0.316 e. The fourth-order valence-corrected chi connectivity index (χ4v) is 3.83. The van der Waals surface area contributed by atoms with Crippen molar-refractivity contribution in [2.45, 2.75) is 32.6 Å². The molecule has 0 spiro atoms. The predicted molar refractivity (Wildman–Crippen MR) is 86.9 cm³/mol. The maximum atomic E-state index is 12.6. The Hall–Kier alpha value is -1.06. The highest BCUT2D eigenvalue weighted by Gasteiger charge is 2.29. The van der Waals surface area contributed by atoms with E-state index >= 15 is 0 Å². The van der Waals surface area contributed by atoms with Crippen LogP contribution in [0.1, 0.15) is 31.7 Å². The molecule has 1 N–H and O–H groups in total. The van der Waals surface area contributed by atoms with E-state index in [0.717, 1.165) is 42.3 Å². The van der Waals surface area contributed by atoms with Gasteiger partial charge in [-0.2, -0.15) is 0 Å². The number of fused-ring (bicyclic) bond motifs is 1. The second-order valence-corrected chi connectivity index (χ2v) is 6.73. The summed E-state index contributed by atoms with van der Waals surface area (Å²) in [5.74, 6) is 1.31. The van der Waals surface area contributed by atoms with Gasteiger partial charge in [-0.25, -0.2) is 0 Å². The van der Waals surface area contributed by atoms with Gasteiger partial charge in [-0.15, -0.1) is 0 Å². The molecule has 1 aromatic rings. The summed E-state index contributed by atoms with van der Waals surface area (Å²) in [5.41, 5.74) is 2.14. The lowest BCUT2D eigenvalue weighted by atomic mass is 9.85. The van der Waals surface area contributed by atoms with Crippen LogP contribution in [0.5, 0.6) is 0 Å². The third-order valence-corrected chi connectivity index (χ3v) is 5.26. The number of rotatable bonds is 3. The number of carbonyl (C=O) groups excluding carboxylic acids is 1. The first-order chi connectivity index (χ1) is 10.2. The van der Waals surface area contributed by atoms with E-state index in [1.807, 2.05) is 23.1 Å². The summed E-state index contributed by atoms with van der Waals surface area (Å²) in [6.07, 6.45) is 3.98. The molecular formula is C17H23ClN2O. The Morgan fingerprint density at radius 2 is 2.38 bits per heavy atom. The van der Waals surface area contributed by atoms with Crippen molar-refractivity contribution in [3.05, 3.63) is 28.8 Å². The Labute approximate surface area is 131 Å². The lowest BCUT2D eigenvalue weighted by molar-refractivity contribution is -0.119. The van der Waals surface area contributed by atoms with Crippen LogP contribution >= 0.6 is 11.6 Å². The zero-order valence-corrected chi connectivity index (χ0v) is 13.3. The van der Waals surface area contributed by atoms with Crippen LogP contribution in [0.4, 0.5) is 5.69 Å². The number of halogens is 1. The Morgan fingerprint density at radius 3 is 3.14 bits per heavy atom. The topological polar surface area (TPSA) is 32.3 Å². The largest absolute Gasteiger partial charge is 0.316 e. The summed E-state index contributed by atoms with van der Waals surface area (Å²) in [4.78, 5) is 14.6. The lowest BCUT2D eigenvalue weighted by Crippen LogP contribution is -2.36. The number of hydrogen-bond acceptors (Lipinski definition) is 2. The average Bonchev–Trinajstić information content (AvgIpc) is 2.93. The Kier molecular flexibility index (Phi) is 4.51. The Bertz CT molecular complexity index is 526. The molecule has 0 aliphatic carbocycles. The minimum absolute atomic E-state index is 0.245. The number of anilines is 1. The van der Waals surface area contributed by atoms with Crippen molar-refractivity contribution in [3.63, 3.8) is 0 Å². The van der Waals surface area contributed by atoms with E-state index in [0.29, 0.717) is 18.3 Å².